The molecule has 0 aliphatic rings. The number of rotatable bonds is 8. The van der Waals surface area contributed by atoms with Gasteiger partial charge in [0.1, 0.15) is 11.4 Å². The topological polar surface area (TPSA) is 145 Å². The molecule has 0 saturated carbocycles. The van der Waals surface area contributed by atoms with Gasteiger partial charge in [-0.05, 0) is 54.8 Å². The first-order valence-electron chi connectivity index (χ1n) is 14.2. The van der Waals surface area contributed by atoms with Gasteiger partial charge in [0.05, 0.1) is 31.9 Å². The number of pyridine rings is 1. The molecule has 0 spiro atoms. The van der Waals surface area contributed by atoms with Crippen LogP contribution in [-0.2, 0) is 17.7 Å². The lowest BCUT2D eigenvalue weighted by atomic mass is 10.0. The molecule has 0 unspecified atom stereocenters. The summed E-state index contributed by atoms with van der Waals surface area (Å²) >= 11 is 0. The minimum Gasteiger partial charge on any atom is -0.493 e. The number of fused-ring (bicyclic) bond motifs is 1. The summed E-state index contributed by atoms with van der Waals surface area (Å²) in [5.74, 6) is 7.24. The number of carbonyl (C=O) groups is 1. The highest BCUT2D eigenvalue weighted by atomic mass is 16.5. The van der Waals surface area contributed by atoms with Gasteiger partial charge in [0.2, 0.25) is 11.4 Å². The maximum absolute atomic E-state index is 13.5. The third kappa shape index (κ3) is 6.58. The van der Waals surface area contributed by atoms with Gasteiger partial charge in [-0.15, -0.1) is 0 Å². The minimum atomic E-state index is -0.652. The van der Waals surface area contributed by atoms with Gasteiger partial charge < -0.3 is 30.2 Å². The number of nitrogens with two attached hydrogens (primary N) is 2. The maximum atomic E-state index is 13.5. The zero-order valence-electron chi connectivity index (χ0n) is 25.5. The van der Waals surface area contributed by atoms with Gasteiger partial charge in [-0.1, -0.05) is 42.2 Å². The second kappa shape index (κ2) is 13.2. The van der Waals surface area contributed by atoms with Crippen LogP contribution in [0.2, 0.25) is 0 Å². The van der Waals surface area contributed by atoms with Crippen LogP contribution in [0, 0.1) is 18.8 Å². The Labute approximate surface area is 260 Å². The van der Waals surface area contributed by atoms with Gasteiger partial charge in [0.25, 0.3) is 0 Å². The number of ether oxygens (including phenoxy) is 3. The Balaban J connectivity index is 1.63. The molecule has 4 N–H and O–H groups in total. The molecule has 0 aliphatic carbocycles. The SMILES string of the molecule is CCOC(=O)c1cn(Cc2ccccc2)c2cc(C#Cc3cc(Cc4cnc(N)nc4N)cc(OC)c3OC)c(C)cc2c1=O. The lowest BCUT2D eigenvalue weighted by molar-refractivity contribution is 0.0524. The van der Waals surface area contributed by atoms with Gasteiger partial charge in [0.15, 0.2) is 11.5 Å². The van der Waals surface area contributed by atoms with E-state index in [1.54, 1.807) is 39.6 Å². The number of carbonyl (C=O) groups excluding carboxylic acids is 1. The summed E-state index contributed by atoms with van der Waals surface area (Å²) in [7, 11) is 3.11. The molecule has 5 aromatic rings. The number of aryl methyl sites for hydroxylation is 1. The molecule has 0 aliphatic heterocycles. The first-order valence-corrected chi connectivity index (χ1v) is 14.2. The Kier molecular flexibility index (Phi) is 9.00. The number of benzene rings is 3. The Morgan fingerprint density at radius 1 is 0.978 bits per heavy atom. The summed E-state index contributed by atoms with van der Waals surface area (Å²) in [5, 5.41) is 0.407. The van der Waals surface area contributed by atoms with E-state index in [2.05, 4.69) is 21.8 Å². The van der Waals surface area contributed by atoms with Crippen molar-refractivity contribution in [3.63, 3.8) is 0 Å². The first-order chi connectivity index (χ1) is 21.7. The van der Waals surface area contributed by atoms with Crippen molar-refractivity contribution in [1.29, 1.82) is 0 Å². The Bertz CT molecular complexity index is 2030. The van der Waals surface area contributed by atoms with Crippen LogP contribution in [0.5, 0.6) is 11.5 Å². The van der Waals surface area contributed by atoms with E-state index in [9.17, 15) is 9.59 Å². The highest BCUT2D eigenvalue weighted by Gasteiger charge is 2.18. The third-order valence-electron chi connectivity index (χ3n) is 7.30. The van der Waals surface area contributed by atoms with Crippen LogP contribution in [0.3, 0.4) is 0 Å². The summed E-state index contributed by atoms with van der Waals surface area (Å²) in [6, 6.07) is 17.2. The lowest BCUT2D eigenvalue weighted by Crippen LogP contribution is -2.21. The average Bonchev–Trinajstić information content (AvgIpc) is 3.03. The molecule has 0 amide bonds. The number of methoxy groups -OCH3 is 2. The average molecular weight is 604 g/mol. The maximum Gasteiger partial charge on any atom is 0.343 e. The van der Waals surface area contributed by atoms with Crippen molar-refractivity contribution < 1.29 is 19.0 Å². The van der Waals surface area contributed by atoms with Crippen LogP contribution in [0.15, 0.2) is 71.8 Å². The van der Waals surface area contributed by atoms with Crippen LogP contribution in [-0.4, -0.2) is 41.3 Å². The minimum absolute atomic E-state index is 0.0145. The van der Waals surface area contributed by atoms with E-state index >= 15 is 0 Å². The van der Waals surface area contributed by atoms with E-state index in [4.69, 9.17) is 25.7 Å². The molecular weight excluding hydrogens is 570 g/mol. The second-order valence-electron chi connectivity index (χ2n) is 10.3. The highest BCUT2D eigenvalue weighted by Crippen LogP contribution is 2.33. The molecular formula is C35H33N5O5. The smallest absolute Gasteiger partial charge is 0.343 e. The number of esters is 1. The molecule has 0 bridgehead atoms. The van der Waals surface area contributed by atoms with E-state index in [1.165, 1.54) is 0 Å². The number of aromatic nitrogens is 3. The largest absolute Gasteiger partial charge is 0.493 e. The second-order valence-corrected chi connectivity index (χ2v) is 10.3. The van der Waals surface area contributed by atoms with Crippen molar-refractivity contribution in [3.05, 3.63) is 116 Å². The Hall–Kier alpha value is -5.82. The van der Waals surface area contributed by atoms with Crippen LogP contribution < -0.4 is 26.4 Å². The van der Waals surface area contributed by atoms with Crippen molar-refractivity contribution in [2.75, 3.05) is 32.3 Å². The predicted molar refractivity (Wildman–Crippen MR) is 174 cm³/mol. The van der Waals surface area contributed by atoms with Crippen LogP contribution >= 0.6 is 0 Å². The molecule has 228 valence electrons. The normalized spacial score (nSPS) is 10.7. The third-order valence-corrected chi connectivity index (χ3v) is 7.30. The summed E-state index contributed by atoms with van der Waals surface area (Å²) < 4.78 is 18.4. The molecule has 0 fully saturated rings. The molecule has 0 atom stereocenters. The van der Waals surface area contributed by atoms with Crippen LogP contribution in [0.1, 0.15) is 50.7 Å². The summed E-state index contributed by atoms with van der Waals surface area (Å²) in [6.45, 7) is 4.18. The zero-order valence-corrected chi connectivity index (χ0v) is 25.5. The van der Waals surface area contributed by atoms with Crippen molar-refractivity contribution >= 4 is 28.6 Å². The quantitative estimate of drug-likeness (QED) is 0.193. The highest BCUT2D eigenvalue weighted by molar-refractivity contribution is 5.94. The van der Waals surface area contributed by atoms with Gasteiger partial charge in [0, 0.05) is 41.9 Å². The van der Waals surface area contributed by atoms with Gasteiger partial charge in [-0.2, -0.15) is 4.98 Å². The van der Waals surface area contributed by atoms with E-state index in [1.807, 2.05) is 60.0 Å². The fourth-order valence-electron chi connectivity index (χ4n) is 5.09. The fraction of sp³-hybridized carbons (Fsp3) is 0.200. The van der Waals surface area contributed by atoms with Gasteiger partial charge in [-0.3, -0.25) is 4.79 Å². The van der Waals surface area contributed by atoms with Crippen molar-refractivity contribution in [3.8, 4) is 23.3 Å². The fourth-order valence-corrected chi connectivity index (χ4v) is 5.09. The summed E-state index contributed by atoms with van der Waals surface area (Å²) in [6.07, 6.45) is 3.58. The Morgan fingerprint density at radius 3 is 2.42 bits per heavy atom. The molecule has 45 heavy (non-hydrogen) atoms. The standard InChI is InChI=1S/C35H33N5O5/c1-5-45-34(42)28-20-40(19-22-9-7-6-8-10-22)29-17-24(21(2)13-27(29)31(28)41)11-12-25-14-23(16-30(43-3)32(25)44-4)15-26-18-38-35(37)39-33(26)36/h6-10,13-14,16-18,20H,5,15,19H2,1-4H3,(H4,36,37,38,39). The van der Waals surface area contributed by atoms with Crippen molar-refractivity contribution in [1.82, 2.24) is 14.5 Å². The zero-order chi connectivity index (χ0) is 32.1. The summed E-state index contributed by atoms with van der Waals surface area (Å²) in [5.41, 5.74) is 16.6. The molecule has 0 saturated heterocycles. The molecule has 2 aromatic heterocycles. The van der Waals surface area contributed by atoms with Crippen LogP contribution in [0.25, 0.3) is 10.9 Å². The molecule has 0 radical (unpaired) electrons. The lowest BCUT2D eigenvalue weighted by Gasteiger charge is -2.15. The summed E-state index contributed by atoms with van der Waals surface area (Å²) in [4.78, 5) is 34.3. The van der Waals surface area contributed by atoms with E-state index in [0.717, 1.165) is 16.7 Å². The van der Waals surface area contributed by atoms with Crippen molar-refractivity contribution in [2.24, 2.45) is 0 Å². The van der Waals surface area contributed by atoms with Gasteiger partial charge >= 0.3 is 5.97 Å². The molecule has 5 rings (SSSR count). The first kappa shape index (κ1) is 30.6. The number of hydrogen-bond acceptors (Lipinski definition) is 9. The number of nitrogens with zero attached hydrogens (tertiary/aromatic N) is 3. The van der Waals surface area contributed by atoms with E-state index < -0.39 is 5.97 Å². The van der Waals surface area contributed by atoms with E-state index in [-0.39, 0.29) is 23.5 Å². The molecule has 2 heterocycles. The monoisotopic (exact) mass is 603 g/mol. The number of anilines is 2. The number of hydrogen-bond donors (Lipinski definition) is 2. The van der Waals surface area contributed by atoms with Crippen LogP contribution in [0.4, 0.5) is 11.8 Å². The number of nitrogen functional groups attached to an aromatic ring is 2. The van der Waals surface area contributed by atoms with Crippen molar-refractivity contribution in [2.45, 2.75) is 26.8 Å². The van der Waals surface area contributed by atoms with Gasteiger partial charge in [-0.25, -0.2) is 9.78 Å². The molecule has 10 nitrogen and oxygen atoms in total. The predicted octanol–water partition coefficient (Wildman–Crippen LogP) is 4.50. The molecule has 3 aromatic carbocycles. The van der Waals surface area contributed by atoms with E-state index in [0.29, 0.717) is 57.9 Å². The Morgan fingerprint density at radius 2 is 1.73 bits per heavy atom. The molecule has 10 heteroatoms.